The number of ether oxygens (including phenoxy) is 1. The molecule has 3 rings (SSSR count). The lowest BCUT2D eigenvalue weighted by Gasteiger charge is -2.12. The molecule has 0 aliphatic carbocycles. The topological polar surface area (TPSA) is 81.3 Å². The quantitative estimate of drug-likeness (QED) is 0.724. The van der Waals surface area contributed by atoms with Crippen molar-refractivity contribution in [3.63, 3.8) is 0 Å². The third kappa shape index (κ3) is 4.23. The smallest absolute Gasteiger partial charge is 0.248 e. The van der Waals surface area contributed by atoms with E-state index in [0.717, 1.165) is 22.6 Å². The highest BCUT2D eigenvalue weighted by Gasteiger charge is 2.10. The van der Waals surface area contributed by atoms with Crippen LogP contribution in [0.4, 0.5) is 5.82 Å². The van der Waals surface area contributed by atoms with Gasteiger partial charge >= 0.3 is 0 Å². The van der Waals surface area contributed by atoms with E-state index in [4.69, 9.17) is 10.5 Å². The maximum Gasteiger partial charge on any atom is 0.248 e. The number of carbonyl (C=O) groups excluding carboxylic acids is 1. The van der Waals surface area contributed by atoms with Gasteiger partial charge in [-0.25, -0.2) is 4.98 Å². The van der Waals surface area contributed by atoms with Gasteiger partial charge in [0.1, 0.15) is 17.3 Å². The summed E-state index contributed by atoms with van der Waals surface area (Å²) in [6.45, 7) is 1.99. The van der Waals surface area contributed by atoms with Crippen molar-refractivity contribution in [3.05, 3.63) is 66.0 Å². The van der Waals surface area contributed by atoms with Gasteiger partial charge in [0.15, 0.2) is 0 Å². The van der Waals surface area contributed by atoms with Crippen LogP contribution in [0.25, 0.3) is 11.3 Å². The lowest BCUT2D eigenvalue weighted by atomic mass is 9.99. The maximum absolute atomic E-state index is 11.5. The van der Waals surface area contributed by atoms with E-state index in [1.165, 1.54) is 0 Å². The Bertz CT molecular complexity index is 953. The lowest BCUT2D eigenvalue weighted by molar-refractivity contribution is 0.0999. The monoisotopic (exact) mass is 362 g/mol. The summed E-state index contributed by atoms with van der Waals surface area (Å²) in [5.74, 6) is 1.75. The number of anilines is 1. The predicted molar refractivity (Wildman–Crippen MR) is 106 cm³/mol. The van der Waals surface area contributed by atoms with Crippen LogP contribution in [0.2, 0.25) is 0 Å². The Kier molecular flexibility index (Phi) is 5.35. The average molecular weight is 362 g/mol. The van der Waals surface area contributed by atoms with Crippen molar-refractivity contribution in [2.24, 2.45) is 5.73 Å². The van der Waals surface area contributed by atoms with Crippen LogP contribution < -0.4 is 15.4 Å². The summed E-state index contributed by atoms with van der Waals surface area (Å²) < 4.78 is 5.90. The largest absolute Gasteiger partial charge is 0.456 e. The number of hydrogen-bond acceptors (Lipinski definition) is 5. The Labute approximate surface area is 158 Å². The van der Waals surface area contributed by atoms with E-state index in [1.807, 2.05) is 56.3 Å². The van der Waals surface area contributed by atoms with Gasteiger partial charge in [0.05, 0.1) is 11.9 Å². The van der Waals surface area contributed by atoms with Crippen LogP contribution in [0.1, 0.15) is 22.8 Å². The second-order valence-electron chi connectivity index (χ2n) is 6.32. The zero-order valence-corrected chi connectivity index (χ0v) is 15.6. The third-order valence-electron chi connectivity index (χ3n) is 4.19. The summed E-state index contributed by atoms with van der Waals surface area (Å²) in [6.07, 6.45) is 4.10. The Morgan fingerprint density at radius 1 is 1.07 bits per heavy atom. The minimum Gasteiger partial charge on any atom is -0.456 e. The first-order valence-electron chi connectivity index (χ1n) is 8.68. The fraction of sp³-hybridized carbons (Fsp3) is 0.190. The highest BCUT2D eigenvalue weighted by Crippen LogP contribution is 2.27. The molecule has 0 saturated heterocycles. The molecule has 1 amide bonds. The summed E-state index contributed by atoms with van der Waals surface area (Å²) in [5.41, 5.74) is 8.54. The first kappa shape index (κ1) is 18.4. The molecule has 138 valence electrons. The minimum atomic E-state index is -0.419. The van der Waals surface area contributed by atoms with E-state index in [-0.39, 0.29) is 0 Å². The molecule has 3 aromatic rings. The van der Waals surface area contributed by atoms with Gasteiger partial charge in [0.25, 0.3) is 0 Å². The van der Waals surface area contributed by atoms with Crippen LogP contribution in [-0.4, -0.2) is 30.0 Å². The minimum absolute atomic E-state index is 0.419. The highest BCUT2D eigenvalue weighted by atomic mass is 16.5. The molecule has 1 aromatic carbocycles. The number of nitrogens with zero attached hydrogens (tertiary/aromatic N) is 3. The van der Waals surface area contributed by atoms with E-state index in [2.05, 4.69) is 9.97 Å². The molecule has 2 heterocycles. The molecule has 2 aromatic heterocycles. The normalized spacial score (nSPS) is 10.5. The molecule has 6 nitrogen and oxygen atoms in total. The van der Waals surface area contributed by atoms with Crippen molar-refractivity contribution in [1.82, 2.24) is 9.97 Å². The predicted octanol–water partition coefficient (Wildman–Crippen LogP) is 3.66. The molecule has 0 spiro atoms. The van der Waals surface area contributed by atoms with E-state index in [0.29, 0.717) is 23.5 Å². The molecule has 0 unspecified atom stereocenters. The number of aromatic nitrogens is 2. The molecule has 0 radical (unpaired) electrons. The molecule has 2 N–H and O–H groups in total. The summed E-state index contributed by atoms with van der Waals surface area (Å²) in [5, 5.41) is 0. The number of carbonyl (C=O) groups is 1. The molecule has 0 aliphatic rings. The molecule has 0 bridgehead atoms. The van der Waals surface area contributed by atoms with Crippen molar-refractivity contribution in [2.45, 2.75) is 13.3 Å². The van der Waals surface area contributed by atoms with Crippen molar-refractivity contribution in [1.29, 1.82) is 0 Å². The standard InChI is InChI=1S/C21H22N4O2/c1-4-14-11-15(5-7-18(14)21(22)26)19-12-16(9-10-23-19)27-17-6-8-20(24-13-17)25(2)3/h5-13H,4H2,1-3H3,(H2,22,26). The van der Waals surface area contributed by atoms with E-state index < -0.39 is 5.91 Å². The molecule has 6 heteroatoms. The second-order valence-corrected chi connectivity index (χ2v) is 6.32. The van der Waals surface area contributed by atoms with Gasteiger partial charge in [-0.3, -0.25) is 9.78 Å². The van der Waals surface area contributed by atoms with Crippen molar-refractivity contribution >= 4 is 11.7 Å². The van der Waals surface area contributed by atoms with Crippen LogP contribution in [0.5, 0.6) is 11.5 Å². The van der Waals surface area contributed by atoms with E-state index >= 15 is 0 Å². The Morgan fingerprint density at radius 3 is 2.52 bits per heavy atom. The molecule has 0 saturated carbocycles. The second kappa shape index (κ2) is 7.86. The summed E-state index contributed by atoms with van der Waals surface area (Å²) in [6, 6.07) is 13.0. The Balaban J connectivity index is 1.86. The Morgan fingerprint density at radius 2 is 1.89 bits per heavy atom. The van der Waals surface area contributed by atoms with Crippen LogP contribution >= 0.6 is 0 Å². The van der Waals surface area contributed by atoms with Gasteiger partial charge in [-0.2, -0.15) is 0 Å². The van der Waals surface area contributed by atoms with Crippen molar-refractivity contribution in [2.75, 3.05) is 19.0 Å². The van der Waals surface area contributed by atoms with Gasteiger partial charge < -0.3 is 15.4 Å². The SMILES string of the molecule is CCc1cc(-c2cc(Oc3ccc(N(C)C)nc3)ccn2)ccc1C(N)=O. The lowest BCUT2D eigenvalue weighted by Crippen LogP contribution is -2.13. The van der Waals surface area contributed by atoms with Gasteiger partial charge in [-0.1, -0.05) is 13.0 Å². The number of benzene rings is 1. The highest BCUT2D eigenvalue weighted by molar-refractivity contribution is 5.95. The third-order valence-corrected chi connectivity index (χ3v) is 4.19. The van der Waals surface area contributed by atoms with Crippen LogP contribution in [-0.2, 0) is 6.42 Å². The van der Waals surface area contributed by atoms with E-state index in [9.17, 15) is 4.79 Å². The Hall–Kier alpha value is -3.41. The number of rotatable bonds is 6. The van der Waals surface area contributed by atoms with Crippen LogP contribution in [0.3, 0.4) is 0 Å². The first-order chi connectivity index (χ1) is 13.0. The fourth-order valence-electron chi connectivity index (χ4n) is 2.75. The number of nitrogens with two attached hydrogens (primary N) is 1. The zero-order valence-electron chi connectivity index (χ0n) is 15.6. The van der Waals surface area contributed by atoms with Gasteiger partial charge in [-0.05, 0) is 42.3 Å². The number of hydrogen-bond donors (Lipinski definition) is 1. The number of pyridine rings is 2. The molecule has 0 aliphatic heterocycles. The number of aryl methyl sites for hydroxylation is 1. The molecule has 0 atom stereocenters. The van der Waals surface area contributed by atoms with Crippen molar-refractivity contribution < 1.29 is 9.53 Å². The summed E-state index contributed by atoms with van der Waals surface area (Å²) in [4.78, 5) is 22.2. The maximum atomic E-state index is 11.5. The molecular weight excluding hydrogens is 340 g/mol. The molecule has 0 fully saturated rings. The van der Waals surface area contributed by atoms with E-state index in [1.54, 1.807) is 24.5 Å². The zero-order chi connectivity index (χ0) is 19.4. The fourth-order valence-corrected chi connectivity index (χ4v) is 2.75. The van der Waals surface area contributed by atoms with Gasteiger partial charge in [0.2, 0.25) is 5.91 Å². The van der Waals surface area contributed by atoms with Crippen LogP contribution in [0, 0.1) is 0 Å². The number of amides is 1. The summed E-state index contributed by atoms with van der Waals surface area (Å²) >= 11 is 0. The molecular formula is C21H22N4O2. The average Bonchev–Trinajstić information content (AvgIpc) is 2.68. The van der Waals surface area contributed by atoms with Crippen LogP contribution in [0.15, 0.2) is 54.9 Å². The van der Waals surface area contributed by atoms with Gasteiger partial charge in [0, 0.05) is 37.5 Å². The van der Waals surface area contributed by atoms with Crippen molar-refractivity contribution in [3.8, 4) is 22.8 Å². The number of primary amides is 1. The first-order valence-corrected chi connectivity index (χ1v) is 8.68. The summed E-state index contributed by atoms with van der Waals surface area (Å²) in [7, 11) is 3.87. The van der Waals surface area contributed by atoms with Gasteiger partial charge in [-0.15, -0.1) is 0 Å². The molecule has 27 heavy (non-hydrogen) atoms.